The van der Waals surface area contributed by atoms with Crippen LogP contribution in [-0.4, -0.2) is 32.7 Å². The molecule has 4 rings (SSSR count). The van der Waals surface area contributed by atoms with Gasteiger partial charge < -0.3 is 19.4 Å². The average molecular weight is 386 g/mol. The zero-order valence-electron chi connectivity index (χ0n) is 15.7. The molecule has 1 amide bonds. The minimum atomic E-state index is -0.150. The van der Waals surface area contributed by atoms with Crippen LogP contribution in [0.5, 0.6) is 5.75 Å². The van der Waals surface area contributed by atoms with Crippen molar-refractivity contribution in [3.63, 3.8) is 0 Å². The molecule has 1 atom stereocenters. The number of methoxy groups -OCH3 is 1. The van der Waals surface area contributed by atoms with E-state index in [0.717, 1.165) is 16.7 Å². The van der Waals surface area contributed by atoms with Crippen molar-refractivity contribution in [2.24, 2.45) is 0 Å². The second kappa shape index (κ2) is 7.74. The van der Waals surface area contributed by atoms with Gasteiger partial charge in [-0.25, -0.2) is 0 Å². The molecule has 142 valence electrons. The van der Waals surface area contributed by atoms with Gasteiger partial charge >= 0.3 is 0 Å². The number of furan rings is 1. The van der Waals surface area contributed by atoms with Crippen LogP contribution in [0.2, 0.25) is 0 Å². The molecular weight excluding hydrogens is 360 g/mol. The van der Waals surface area contributed by atoms with Crippen LogP contribution in [-0.2, 0) is 0 Å². The quantitative estimate of drug-likeness (QED) is 0.686. The molecule has 1 saturated heterocycles. The van der Waals surface area contributed by atoms with Crippen LogP contribution in [0.1, 0.15) is 39.9 Å². The van der Waals surface area contributed by atoms with E-state index in [9.17, 15) is 4.79 Å². The molecule has 2 N–H and O–H groups in total. The largest absolute Gasteiger partial charge is 0.497 e. The number of hydrogen-bond donors (Lipinski definition) is 2. The summed E-state index contributed by atoms with van der Waals surface area (Å²) in [5, 5.41) is 6.14. The Hall–Kier alpha value is -2.31. The van der Waals surface area contributed by atoms with E-state index in [1.54, 1.807) is 23.3 Å². The predicted octanol–water partition coefficient (Wildman–Crippen LogP) is 2.96. The Morgan fingerprint density at radius 3 is 2.85 bits per heavy atom. The Labute approximate surface area is 162 Å². The Bertz CT molecular complexity index is 926. The fourth-order valence-corrected chi connectivity index (χ4v) is 4.82. The van der Waals surface area contributed by atoms with E-state index in [-0.39, 0.29) is 5.91 Å². The first-order valence-electron chi connectivity index (χ1n) is 9.40. The number of likely N-dealkylation sites (tertiary alicyclic amines) is 1. The van der Waals surface area contributed by atoms with E-state index in [4.69, 9.17) is 9.15 Å². The molecule has 0 bridgehead atoms. The number of fused-ring (bicyclic) bond motifs is 1. The third-order valence-electron chi connectivity index (χ3n) is 5.44. The molecule has 5 nitrogen and oxygen atoms in total. The summed E-state index contributed by atoms with van der Waals surface area (Å²) in [4.78, 5) is 15.7. The van der Waals surface area contributed by atoms with Gasteiger partial charge in [0.15, 0.2) is 5.76 Å². The van der Waals surface area contributed by atoms with E-state index in [1.165, 1.54) is 30.8 Å². The molecule has 0 unspecified atom stereocenters. The van der Waals surface area contributed by atoms with Gasteiger partial charge in [0.1, 0.15) is 17.4 Å². The van der Waals surface area contributed by atoms with Gasteiger partial charge in [0.25, 0.3) is 5.91 Å². The first-order chi connectivity index (χ1) is 13.2. The number of carbonyl (C=O) groups excluding carboxylic acids is 1. The van der Waals surface area contributed by atoms with Crippen molar-refractivity contribution in [3.8, 4) is 5.75 Å². The number of amides is 1. The topological polar surface area (TPSA) is 55.9 Å². The second-order valence-electron chi connectivity index (χ2n) is 7.06. The Morgan fingerprint density at radius 1 is 1.33 bits per heavy atom. The highest BCUT2D eigenvalue weighted by atomic mass is 32.1. The first-order valence-corrected chi connectivity index (χ1v) is 10.3. The standard InChI is InChI=1S/C21H24N2O3S/c1-14-16-12-15(25-2)7-8-18(16)26-20(14)21(24)22-13-17(19-6-5-11-27-19)23-9-3-4-10-23/h5-8,11-12,17H,3-4,9-10,13H2,1-2H3,(H,22,24)/p+1/t17-/m1/s1. The van der Waals surface area contributed by atoms with Crippen molar-refractivity contribution in [1.29, 1.82) is 0 Å². The van der Waals surface area contributed by atoms with Crippen LogP contribution in [0.4, 0.5) is 0 Å². The Morgan fingerprint density at radius 2 is 2.15 bits per heavy atom. The molecule has 2 aromatic heterocycles. The predicted molar refractivity (Wildman–Crippen MR) is 107 cm³/mol. The number of nitrogens with one attached hydrogen (secondary N) is 2. The number of carbonyl (C=O) groups is 1. The van der Waals surface area contributed by atoms with Crippen LogP contribution in [0.15, 0.2) is 40.1 Å². The summed E-state index contributed by atoms with van der Waals surface area (Å²) < 4.78 is 11.1. The van der Waals surface area contributed by atoms with E-state index < -0.39 is 0 Å². The summed E-state index contributed by atoms with van der Waals surface area (Å²) in [6.07, 6.45) is 2.52. The minimum absolute atomic E-state index is 0.150. The zero-order valence-corrected chi connectivity index (χ0v) is 16.5. The van der Waals surface area contributed by atoms with Gasteiger partial charge in [-0.15, -0.1) is 11.3 Å². The number of rotatable bonds is 6. The molecule has 0 spiro atoms. The number of ether oxygens (including phenoxy) is 1. The van der Waals surface area contributed by atoms with Crippen LogP contribution >= 0.6 is 11.3 Å². The van der Waals surface area contributed by atoms with Gasteiger partial charge in [-0.3, -0.25) is 4.79 Å². The van der Waals surface area contributed by atoms with Crippen LogP contribution in [0.3, 0.4) is 0 Å². The van der Waals surface area contributed by atoms with Crippen molar-refractivity contribution in [2.75, 3.05) is 26.7 Å². The average Bonchev–Trinajstić information content (AvgIpc) is 3.44. The van der Waals surface area contributed by atoms with Crippen molar-refractivity contribution in [1.82, 2.24) is 5.32 Å². The zero-order chi connectivity index (χ0) is 18.8. The third-order valence-corrected chi connectivity index (χ3v) is 6.43. The normalized spacial score (nSPS) is 15.9. The third kappa shape index (κ3) is 3.59. The molecule has 0 aliphatic carbocycles. The lowest BCUT2D eigenvalue weighted by molar-refractivity contribution is -0.918. The first kappa shape index (κ1) is 18.1. The molecule has 6 heteroatoms. The summed E-state index contributed by atoms with van der Waals surface area (Å²) in [7, 11) is 1.63. The van der Waals surface area contributed by atoms with Crippen LogP contribution in [0.25, 0.3) is 11.0 Å². The van der Waals surface area contributed by atoms with Crippen molar-refractivity contribution < 1.29 is 18.8 Å². The summed E-state index contributed by atoms with van der Waals surface area (Å²) in [5.41, 5.74) is 1.56. The number of thiophene rings is 1. The molecule has 1 aliphatic rings. The number of quaternary nitrogens is 1. The monoisotopic (exact) mass is 385 g/mol. The maximum atomic E-state index is 12.8. The smallest absolute Gasteiger partial charge is 0.287 e. The lowest BCUT2D eigenvalue weighted by atomic mass is 10.1. The summed E-state index contributed by atoms with van der Waals surface area (Å²) in [5.74, 6) is 0.996. The SMILES string of the molecule is COc1ccc2oc(C(=O)NC[C@H](c3cccs3)[NH+]3CCCC3)c(C)c2c1. The fraction of sp³-hybridized carbons (Fsp3) is 0.381. The Kier molecular flexibility index (Phi) is 5.18. The van der Waals surface area contributed by atoms with Crippen molar-refractivity contribution in [2.45, 2.75) is 25.8 Å². The van der Waals surface area contributed by atoms with Gasteiger partial charge in [-0.2, -0.15) is 0 Å². The lowest BCUT2D eigenvalue weighted by Crippen LogP contribution is -3.11. The van der Waals surface area contributed by atoms with Crippen molar-refractivity contribution in [3.05, 3.63) is 51.9 Å². The Balaban J connectivity index is 1.52. The highest BCUT2D eigenvalue weighted by Gasteiger charge is 2.29. The highest BCUT2D eigenvalue weighted by Crippen LogP contribution is 2.28. The minimum Gasteiger partial charge on any atom is -0.497 e. The van der Waals surface area contributed by atoms with Gasteiger partial charge in [-0.1, -0.05) is 6.07 Å². The molecule has 1 fully saturated rings. The second-order valence-corrected chi connectivity index (χ2v) is 8.04. The number of hydrogen-bond acceptors (Lipinski definition) is 4. The van der Waals surface area contributed by atoms with Crippen LogP contribution in [0, 0.1) is 6.92 Å². The molecular formula is C21H25N2O3S+. The van der Waals surface area contributed by atoms with Gasteiger partial charge in [0, 0.05) is 23.8 Å². The van der Waals surface area contributed by atoms with E-state index in [2.05, 4.69) is 22.8 Å². The summed E-state index contributed by atoms with van der Waals surface area (Å²) >= 11 is 1.77. The molecule has 0 radical (unpaired) electrons. The summed E-state index contributed by atoms with van der Waals surface area (Å²) in [6, 6.07) is 10.2. The van der Waals surface area contributed by atoms with E-state index in [1.807, 2.05) is 25.1 Å². The lowest BCUT2D eigenvalue weighted by Gasteiger charge is -2.23. The van der Waals surface area contributed by atoms with E-state index in [0.29, 0.717) is 23.9 Å². The fourth-order valence-electron chi connectivity index (χ4n) is 3.93. The maximum Gasteiger partial charge on any atom is 0.287 e. The molecule has 1 aliphatic heterocycles. The summed E-state index contributed by atoms with van der Waals surface area (Å²) in [6.45, 7) is 4.88. The molecule has 0 saturated carbocycles. The van der Waals surface area contributed by atoms with E-state index >= 15 is 0 Å². The number of aryl methyl sites for hydroxylation is 1. The van der Waals surface area contributed by atoms with Gasteiger partial charge in [0.05, 0.1) is 31.6 Å². The molecule has 1 aromatic carbocycles. The maximum absolute atomic E-state index is 12.8. The van der Waals surface area contributed by atoms with Crippen molar-refractivity contribution >= 4 is 28.2 Å². The highest BCUT2D eigenvalue weighted by molar-refractivity contribution is 7.10. The van der Waals surface area contributed by atoms with Gasteiger partial charge in [0.2, 0.25) is 0 Å². The molecule has 3 heterocycles. The number of benzene rings is 1. The van der Waals surface area contributed by atoms with Gasteiger partial charge in [-0.05, 0) is 36.6 Å². The molecule has 27 heavy (non-hydrogen) atoms. The van der Waals surface area contributed by atoms with Crippen LogP contribution < -0.4 is 15.0 Å². The molecule has 3 aromatic rings.